The smallest absolute Gasteiger partial charge is 0.0366 e. The maximum absolute atomic E-state index is 2.43. The van der Waals surface area contributed by atoms with Crippen molar-refractivity contribution in [3.63, 3.8) is 0 Å². The Morgan fingerprint density at radius 3 is 2.33 bits per heavy atom. The molecular formula is C17H19N. The van der Waals surface area contributed by atoms with Crippen LogP contribution in [-0.4, -0.2) is 13.1 Å². The van der Waals surface area contributed by atoms with Gasteiger partial charge in [0.05, 0.1) is 0 Å². The first-order valence-electron chi connectivity index (χ1n) is 6.69. The number of anilines is 1. The Bertz CT molecular complexity index is 518. The highest BCUT2D eigenvalue weighted by molar-refractivity contribution is 5.47. The SMILES string of the molecule is CN(c1ccccc1)C1CCc2ccccc2C1. The highest BCUT2D eigenvalue weighted by Gasteiger charge is 2.21. The first kappa shape index (κ1) is 11.3. The molecule has 1 nitrogen and oxygen atoms in total. The van der Waals surface area contributed by atoms with E-state index in [2.05, 4.69) is 66.5 Å². The molecule has 1 unspecified atom stereocenters. The summed E-state index contributed by atoms with van der Waals surface area (Å²) in [6.07, 6.45) is 3.63. The van der Waals surface area contributed by atoms with Crippen molar-refractivity contribution in [3.05, 3.63) is 65.7 Å². The highest BCUT2D eigenvalue weighted by atomic mass is 15.1. The summed E-state index contributed by atoms with van der Waals surface area (Å²) in [5, 5.41) is 0. The standard InChI is InChI=1S/C17H19N/c1-18(16-9-3-2-4-10-16)17-12-11-14-7-5-6-8-15(14)13-17/h2-10,17H,11-13H2,1H3. The average molecular weight is 237 g/mol. The Morgan fingerprint density at radius 1 is 0.889 bits per heavy atom. The zero-order valence-corrected chi connectivity index (χ0v) is 10.8. The molecule has 1 atom stereocenters. The van der Waals surface area contributed by atoms with Gasteiger partial charge in [-0.3, -0.25) is 0 Å². The van der Waals surface area contributed by atoms with Crippen LogP contribution >= 0.6 is 0 Å². The number of likely N-dealkylation sites (N-methyl/N-ethyl adjacent to an activating group) is 1. The molecule has 0 amide bonds. The van der Waals surface area contributed by atoms with Crippen molar-refractivity contribution in [3.8, 4) is 0 Å². The molecule has 0 radical (unpaired) electrons. The van der Waals surface area contributed by atoms with Crippen LogP contribution in [0.4, 0.5) is 5.69 Å². The number of para-hydroxylation sites is 1. The lowest BCUT2D eigenvalue weighted by Crippen LogP contribution is -2.36. The third kappa shape index (κ3) is 2.13. The van der Waals surface area contributed by atoms with Crippen molar-refractivity contribution in [2.75, 3.05) is 11.9 Å². The summed E-state index contributed by atoms with van der Waals surface area (Å²) < 4.78 is 0. The Morgan fingerprint density at radius 2 is 1.56 bits per heavy atom. The second-order valence-corrected chi connectivity index (χ2v) is 5.11. The third-order valence-electron chi connectivity index (χ3n) is 4.03. The minimum absolute atomic E-state index is 0.627. The molecule has 2 aromatic rings. The quantitative estimate of drug-likeness (QED) is 0.770. The van der Waals surface area contributed by atoms with Gasteiger partial charge in [-0.1, -0.05) is 42.5 Å². The molecule has 0 heterocycles. The molecule has 18 heavy (non-hydrogen) atoms. The molecule has 1 aliphatic rings. The number of aryl methyl sites for hydroxylation is 1. The predicted molar refractivity (Wildman–Crippen MR) is 77.1 cm³/mol. The fraction of sp³-hybridized carbons (Fsp3) is 0.294. The lowest BCUT2D eigenvalue weighted by atomic mass is 9.87. The molecular weight excluding hydrogens is 218 g/mol. The summed E-state index contributed by atoms with van der Waals surface area (Å²) in [5.74, 6) is 0. The van der Waals surface area contributed by atoms with Gasteiger partial charge in [0.15, 0.2) is 0 Å². The molecule has 2 aromatic carbocycles. The van der Waals surface area contributed by atoms with E-state index in [9.17, 15) is 0 Å². The zero-order valence-electron chi connectivity index (χ0n) is 10.8. The molecule has 1 heteroatoms. The largest absolute Gasteiger partial charge is 0.371 e. The molecule has 0 saturated heterocycles. The Hall–Kier alpha value is -1.76. The molecule has 0 bridgehead atoms. The monoisotopic (exact) mass is 237 g/mol. The van der Waals surface area contributed by atoms with E-state index in [1.165, 1.54) is 36.1 Å². The van der Waals surface area contributed by atoms with Gasteiger partial charge in [0, 0.05) is 18.8 Å². The van der Waals surface area contributed by atoms with Gasteiger partial charge in [0.25, 0.3) is 0 Å². The fourth-order valence-corrected chi connectivity index (χ4v) is 2.88. The zero-order chi connectivity index (χ0) is 12.4. The van der Waals surface area contributed by atoms with Crippen LogP contribution in [0.15, 0.2) is 54.6 Å². The molecule has 0 aliphatic heterocycles. The second-order valence-electron chi connectivity index (χ2n) is 5.11. The first-order chi connectivity index (χ1) is 8.84. The number of hydrogen-bond donors (Lipinski definition) is 0. The van der Waals surface area contributed by atoms with E-state index >= 15 is 0 Å². The van der Waals surface area contributed by atoms with E-state index < -0.39 is 0 Å². The number of hydrogen-bond acceptors (Lipinski definition) is 1. The summed E-state index contributed by atoms with van der Waals surface area (Å²) in [4.78, 5) is 2.43. The molecule has 3 rings (SSSR count). The minimum Gasteiger partial charge on any atom is -0.371 e. The van der Waals surface area contributed by atoms with Crippen LogP contribution in [0.5, 0.6) is 0 Å². The van der Waals surface area contributed by atoms with Crippen LogP contribution in [0.2, 0.25) is 0 Å². The normalized spacial score (nSPS) is 18.2. The van der Waals surface area contributed by atoms with E-state index in [1.807, 2.05) is 0 Å². The minimum atomic E-state index is 0.627. The Labute approximate surface area is 109 Å². The van der Waals surface area contributed by atoms with Gasteiger partial charge in [-0.25, -0.2) is 0 Å². The van der Waals surface area contributed by atoms with Gasteiger partial charge in [-0.15, -0.1) is 0 Å². The lowest BCUT2D eigenvalue weighted by Gasteiger charge is -2.34. The average Bonchev–Trinajstić information content (AvgIpc) is 2.47. The molecule has 0 fully saturated rings. The Balaban J connectivity index is 1.80. The van der Waals surface area contributed by atoms with Crippen molar-refractivity contribution in [2.24, 2.45) is 0 Å². The number of fused-ring (bicyclic) bond motifs is 1. The Kier molecular flexibility index (Phi) is 3.06. The fourth-order valence-electron chi connectivity index (χ4n) is 2.88. The van der Waals surface area contributed by atoms with Crippen LogP contribution in [-0.2, 0) is 12.8 Å². The van der Waals surface area contributed by atoms with Crippen LogP contribution in [0.1, 0.15) is 17.5 Å². The van der Waals surface area contributed by atoms with Crippen LogP contribution in [0, 0.1) is 0 Å². The number of rotatable bonds is 2. The predicted octanol–water partition coefficient (Wildman–Crippen LogP) is 3.68. The van der Waals surface area contributed by atoms with Crippen molar-refractivity contribution in [2.45, 2.75) is 25.3 Å². The van der Waals surface area contributed by atoms with Gasteiger partial charge in [0.1, 0.15) is 0 Å². The number of nitrogens with zero attached hydrogens (tertiary/aromatic N) is 1. The molecule has 0 saturated carbocycles. The van der Waals surface area contributed by atoms with Gasteiger partial charge in [-0.2, -0.15) is 0 Å². The molecule has 1 aliphatic carbocycles. The molecule has 92 valence electrons. The second kappa shape index (κ2) is 4.85. The van der Waals surface area contributed by atoms with Gasteiger partial charge >= 0.3 is 0 Å². The first-order valence-corrected chi connectivity index (χ1v) is 6.69. The van der Waals surface area contributed by atoms with E-state index in [0.717, 1.165) is 0 Å². The van der Waals surface area contributed by atoms with Gasteiger partial charge in [0.2, 0.25) is 0 Å². The van der Waals surface area contributed by atoms with Crippen molar-refractivity contribution >= 4 is 5.69 Å². The van der Waals surface area contributed by atoms with Gasteiger partial charge < -0.3 is 4.90 Å². The van der Waals surface area contributed by atoms with Gasteiger partial charge in [-0.05, 0) is 42.5 Å². The van der Waals surface area contributed by atoms with E-state index in [-0.39, 0.29) is 0 Å². The molecule has 0 spiro atoms. The van der Waals surface area contributed by atoms with Crippen LogP contribution in [0.25, 0.3) is 0 Å². The molecule has 0 aromatic heterocycles. The summed E-state index contributed by atoms with van der Waals surface area (Å²) in [6, 6.07) is 20.2. The maximum atomic E-state index is 2.43. The summed E-state index contributed by atoms with van der Waals surface area (Å²) in [5.41, 5.74) is 4.38. The summed E-state index contributed by atoms with van der Waals surface area (Å²) >= 11 is 0. The van der Waals surface area contributed by atoms with E-state index in [0.29, 0.717) is 6.04 Å². The van der Waals surface area contributed by atoms with Crippen LogP contribution < -0.4 is 4.90 Å². The summed E-state index contributed by atoms with van der Waals surface area (Å²) in [6.45, 7) is 0. The topological polar surface area (TPSA) is 3.24 Å². The maximum Gasteiger partial charge on any atom is 0.0366 e. The molecule has 0 N–H and O–H groups in total. The third-order valence-corrected chi connectivity index (χ3v) is 4.03. The van der Waals surface area contributed by atoms with Crippen LogP contribution in [0.3, 0.4) is 0 Å². The van der Waals surface area contributed by atoms with E-state index in [4.69, 9.17) is 0 Å². The van der Waals surface area contributed by atoms with E-state index in [1.54, 1.807) is 0 Å². The van der Waals surface area contributed by atoms with Crippen molar-refractivity contribution < 1.29 is 0 Å². The van der Waals surface area contributed by atoms with Crippen molar-refractivity contribution in [1.29, 1.82) is 0 Å². The highest BCUT2D eigenvalue weighted by Crippen LogP contribution is 2.26. The number of benzene rings is 2. The van der Waals surface area contributed by atoms with Crippen molar-refractivity contribution in [1.82, 2.24) is 0 Å². The lowest BCUT2D eigenvalue weighted by molar-refractivity contribution is 0.548. The summed E-state index contributed by atoms with van der Waals surface area (Å²) in [7, 11) is 2.22.